The van der Waals surface area contributed by atoms with Crippen LogP contribution in [0.15, 0.2) is 68.5 Å². The van der Waals surface area contributed by atoms with Gasteiger partial charge in [0.1, 0.15) is 0 Å². The number of ether oxygens (including phenoxy) is 1. The highest BCUT2D eigenvalue weighted by molar-refractivity contribution is 9.11. The molecule has 0 saturated carbocycles. The Morgan fingerprint density at radius 2 is 1.63 bits per heavy atom. The highest BCUT2D eigenvalue weighted by atomic mass is 79.9. The Bertz CT molecular complexity index is 1160. The molecule has 30 heavy (non-hydrogen) atoms. The van der Waals surface area contributed by atoms with Gasteiger partial charge in [-0.2, -0.15) is 0 Å². The monoisotopic (exact) mass is 533 g/mol. The fourth-order valence-electron chi connectivity index (χ4n) is 2.56. The van der Waals surface area contributed by atoms with Crippen LogP contribution in [-0.2, 0) is 0 Å². The second-order valence-corrected chi connectivity index (χ2v) is 7.84. The van der Waals surface area contributed by atoms with E-state index in [2.05, 4.69) is 36.9 Å². The molecule has 0 heterocycles. The molecule has 0 radical (unpaired) electrons. The van der Waals surface area contributed by atoms with Gasteiger partial charge in [0.15, 0.2) is 5.75 Å². The molecule has 0 amide bonds. The normalized spacial score (nSPS) is 10.9. The lowest BCUT2D eigenvalue weighted by atomic mass is 10.2. The molecule has 0 aliphatic heterocycles. The molecule has 10 heteroatoms. The van der Waals surface area contributed by atoms with Gasteiger partial charge < -0.3 is 4.74 Å². The van der Waals surface area contributed by atoms with E-state index in [1.807, 2.05) is 31.2 Å². The number of para-hydroxylation sites is 1. The van der Waals surface area contributed by atoms with Crippen LogP contribution in [0.5, 0.6) is 11.5 Å². The van der Waals surface area contributed by atoms with Gasteiger partial charge >= 0.3 is 5.69 Å². The molecule has 3 aromatic carbocycles. The minimum Gasteiger partial charge on any atom is -0.448 e. The number of hydrogen-bond acceptors (Lipinski definition) is 6. The average Bonchev–Trinajstić information content (AvgIpc) is 2.70. The van der Waals surface area contributed by atoms with E-state index < -0.39 is 21.2 Å². The SMILES string of the molecule is Cc1ccccc1N=Cc1cc(Br)c(Oc2ccc([N+](=O)[O-])cc2[N+](=O)[O-])c(Br)c1. The molecule has 0 saturated heterocycles. The summed E-state index contributed by atoms with van der Waals surface area (Å²) in [7, 11) is 0. The van der Waals surface area contributed by atoms with Gasteiger partial charge in [0, 0.05) is 12.3 Å². The Hall–Kier alpha value is -3.11. The number of hydrogen-bond donors (Lipinski definition) is 0. The molecule has 0 bridgehead atoms. The summed E-state index contributed by atoms with van der Waals surface area (Å²) >= 11 is 6.80. The maximum absolute atomic E-state index is 11.3. The van der Waals surface area contributed by atoms with Gasteiger partial charge in [-0.25, -0.2) is 0 Å². The number of non-ortho nitro benzene ring substituents is 1. The number of nitrogens with zero attached hydrogens (tertiary/aromatic N) is 3. The molecular formula is C20H13Br2N3O5. The Morgan fingerprint density at radius 3 is 2.23 bits per heavy atom. The van der Waals surface area contributed by atoms with Gasteiger partial charge in [-0.1, -0.05) is 18.2 Å². The Balaban J connectivity index is 1.92. The van der Waals surface area contributed by atoms with Crippen molar-refractivity contribution in [1.82, 2.24) is 0 Å². The second-order valence-electron chi connectivity index (χ2n) is 6.13. The first-order chi connectivity index (χ1) is 14.3. The minimum absolute atomic E-state index is 0.117. The van der Waals surface area contributed by atoms with Crippen LogP contribution in [0.4, 0.5) is 17.1 Å². The van der Waals surface area contributed by atoms with Crippen LogP contribution in [0.3, 0.4) is 0 Å². The molecular weight excluding hydrogens is 522 g/mol. The zero-order chi connectivity index (χ0) is 21.8. The zero-order valence-corrected chi connectivity index (χ0v) is 18.6. The number of halogens is 2. The molecule has 152 valence electrons. The van der Waals surface area contributed by atoms with Crippen molar-refractivity contribution in [3.63, 3.8) is 0 Å². The Labute approximate surface area is 187 Å². The van der Waals surface area contributed by atoms with Crippen molar-refractivity contribution in [2.45, 2.75) is 6.92 Å². The maximum Gasteiger partial charge on any atom is 0.318 e. The summed E-state index contributed by atoms with van der Waals surface area (Å²) in [5, 5.41) is 22.2. The minimum atomic E-state index is -0.729. The highest BCUT2D eigenvalue weighted by Crippen LogP contribution is 2.41. The van der Waals surface area contributed by atoms with E-state index in [1.165, 1.54) is 6.07 Å². The van der Waals surface area contributed by atoms with Crippen molar-refractivity contribution in [1.29, 1.82) is 0 Å². The first kappa shape index (κ1) is 21.6. The third-order valence-electron chi connectivity index (χ3n) is 4.05. The van der Waals surface area contributed by atoms with Crippen molar-refractivity contribution < 1.29 is 14.6 Å². The van der Waals surface area contributed by atoms with Crippen LogP contribution in [0.25, 0.3) is 0 Å². The molecule has 3 aromatic rings. The van der Waals surface area contributed by atoms with Gasteiger partial charge in [-0.3, -0.25) is 25.2 Å². The summed E-state index contributed by atoms with van der Waals surface area (Å²) in [4.78, 5) is 25.3. The van der Waals surface area contributed by atoms with E-state index in [9.17, 15) is 20.2 Å². The average molecular weight is 535 g/mol. The topological polar surface area (TPSA) is 108 Å². The lowest BCUT2D eigenvalue weighted by molar-refractivity contribution is -0.394. The fraction of sp³-hybridized carbons (Fsp3) is 0.0500. The molecule has 0 fully saturated rings. The Kier molecular flexibility index (Phi) is 6.58. The number of benzene rings is 3. The number of nitro benzene ring substituents is 2. The Morgan fingerprint density at radius 1 is 0.967 bits per heavy atom. The van der Waals surface area contributed by atoms with Crippen molar-refractivity contribution >= 4 is 55.1 Å². The maximum atomic E-state index is 11.3. The van der Waals surface area contributed by atoms with Crippen LogP contribution in [-0.4, -0.2) is 16.1 Å². The summed E-state index contributed by atoms with van der Waals surface area (Å²) in [6, 6.07) is 14.4. The number of aliphatic imine (C=N–C) groups is 1. The highest BCUT2D eigenvalue weighted by Gasteiger charge is 2.22. The standard InChI is InChI=1S/C20H13Br2N3O5/c1-12-4-2-3-5-17(12)23-11-13-8-15(21)20(16(22)9-13)30-19-7-6-14(24(26)27)10-18(19)25(28)29/h2-11H,1H3. The molecule has 0 atom stereocenters. The summed E-state index contributed by atoms with van der Waals surface area (Å²) in [5.41, 5.74) is 1.74. The molecule has 3 rings (SSSR count). The van der Waals surface area contributed by atoms with Crippen molar-refractivity contribution in [2.24, 2.45) is 4.99 Å². The number of nitro groups is 2. The summed E-state index contributed by atoms with van der Waals surface area (Å²) < 4.78 is 6.75. The predicted molar refractivity (Wildman–Crippen MR) is 120 cm³/mol. The molecule has 0 spiro atoms. The van der Waals surface area contributed by atoms with Gasteiger partial charge in [0.25, 0.3) is 5.69 Å². The molecule has 0 unspecified atom stereocenters. The molecule has 0 aliphatic rings. The van der Waals surface area contributed by atoms with E-state index in [-0.39, 0.29) is 5.75 Å². The van der Waals surface area contributed by atoms with Crippen LogP contribution in [0, 0.1) is 27.2 Å². The summed E-state index contributed by atoms with van der Waals surface area (Å²) in [5.74, 6) is 0.174. The second kappa shape index (κ2) is 9.14. The van der Waals surface area contributed by atoms with Gasteiger partial charge in [-0.15, -0.1) is 0 Å². The van der Waals surface area contributed by atoms with Crippen LogP contribution < -0.4 is 4.74 Å². The molecule has 8 nitrogen and oxygen atoms in total. The van der Waals surface area contributed by atoms with Crippen LogP contribution in [0.1, 0.15) is 11.1 Å². The first-order valence-corrected chi connectivity index (χ1v) is 10.0. The smallest absolute Gasteiger partial charge is 0.318 e. The third-order valence-corrected chi connectivity index (χ3v) is 5.23. The summed E-state index contributed by atoms with van der Waals surface area (Å²) in [6.07, 6.45) is 1.69. The van der Waals surface area contributed by atoms with Gasteiger partial charge in [-0.05, 0) is 74.2 Å². The van der Waals surface area contributed by atoms with Crippen molar-refractivity contribution in [3.05, 3.63) is 94.9 Å². The van der Waals surface area contributed by atoms with E-state index in [1.54, 1.807) is 18.3 Å². The van der Waals surface area contributed by atoms with E-state index in [0.717, 1.165) is 28.9 Å². The number of aryl methyl sites for hydroxylation is 1. The molecule has 0 N–H and O–H groups in total. The van der Waals surface area contributed by atoms with Gasteiger partial charge in [0.2, 0.25) is 5.75 Å². The van der Waals surface area contributed by atoms with Gasteiger partial charge in [0.05, 0.1) is 30.5 Å². The zero-order valence-electron chi connectivity index (χ0n) is 15.4. The van der Waals surface area contributed by atoms with E-state index in [4.69, 9.17) is 4.74 Å². The fourth-order valence-corrected chi connectivity index (χ4v) is 3.95. The van der Waals surface area contributed by atoms with Crippen molar-refractivity contribution in [3.8, 4) is 11.5 Å². The largest absolute Gasteiger partial charge is 0.448 e. The first-order valence-electron chi connectivity index (χ1n) is 8.45. The molecule has 0 aliphatic carbocycles. The quantitative estimate of drug-likeness (QED) is 0.194. The van der Waals surface area contributed by atoms with Crippen LogP contribution >= 0.6 is 31.9 Å². The predicted octanol–water partition coefficient (Wildman–Crippen LogP) is 6.88. The lowest BCUT2D eigenvalue weighted by Gasteiger charge is -2.11. The summed E-state index contributed by atoms with van der Waals surface area (Å²) in [6.45, 7) is 1.96. The third kappa shape index (κ3) is 4.89. The van der Waals surface area contributed by atoms with Crippen LogP contribution in [0.2, 0.25) is 0 Å². The van der Waals surface area contributed by atoms with Crippen molar-refractivity contribution in [2.75, 3.05) is 0 Å². The van der Waals surface area contributed by atoms with E-state index in [0.29, 0.717) is 14.7 Å². The lowest BCUT2D eigenvalue weighted by Crippen LogP contribution is -1.97. The molecule has 0 aromatic heterocycles. The number of rotatable bonds is 6. The van der Waals surface area contributed by atoms with E-state index >= 15 is 0 Å².